The number of rotatable bonds is 3. The second-order valence-electron chi connectivity index (χ2n) is 5.81. The number of urea groups is 1. The van der Waals surface area contributed by atoms with Crippen molar-refractivity contribution in [2.24, 2.45) is 7.05 Å². The van der Waals surface area contributed by atoms with Crippen molar-refractivity contribution in [1.29, 1.82) is 0 Å². The fraction of sp³-hybridized carbons (Fsp3) is 0.500. The fourth-order valence-corrected chi connectivity index (χ4v) is 2.86. The molecular weight excluding hydrogens is 325 g/mol. The van der Waals surface area contributed by atoms with Crippen LogP contribution < -0.4 is 10.6 Å². The molecule has 3 rings (SSSR count). The number of alkyl halides is 3. The zero-order valence-electron chi connectivity index (χ0n) is 12.9. The SMILES string of the molecule is Cn1cc(CNC(=O)N[C@H]2CCc3[nH]ncc3C2)c(C(F)(F)F)n1. The van der Waals surface area contributed by atoms with E-state index >= 15 is 0 Å². The summed E-state index contributed by atoms with van der Waals surface area (Å²) in [7, 11) is 1.41. The largest absolute Gasteiger partial charge is 0.435 e. The Morgan fingerprint density at radius 1 is 1.50 bits per heavy atom. The van der Waals surface area contributed by atoms with Gasteiger partial charge in [0.1, 0.15) is 0 Å². The van der Waals surface area contributed by atoms with Gasteiger partial charge in [0.2, 0.25) is 0 Å². The van der Waals surface area contributed by atoms with Gasteiger partial charge in [-0.1, -0.05) is 0 Å². The molecule has 0 saturated heterocycles. The molecule has 0 aromatic carbocycles. The van der Waals surface area contributed by atoms with Gasteiger partial charge in [0.05, 0.1) is 6.20 Å². The molecule has 0 radical (unpaired) electrons. The van der Waals surface area contributed by atoms with E-state index < -0.39 is 17.9 Å². The topological polar surface area (TPSA) is 87.6 Å². The van der Waals surface area contributed by atoms with Gasteiger partial charge < -0.3 is 10.6 Å². The number of hydrogen-bond donors (Lipinski definition) is 3. The second kappa shape index (κ2) is 6.17. The van der Waals surface area contributed by atoms with Crippen molar-refractivity contribution in [3.63, 3.8) is 0 Å². The molecule has 2 heterocycles. The molecular formula is C14H17F3N6O. The average Bonchev–Trinajstić information content (AvgIpc) is 3.10. The molecule has 0 spiro atoms. The van der Waals surface area contributed by atoms with Crippen LogP contribution in [0.15, 0.2) is 12.4 Å². The monoisotopic (exact) mass is 342 g/mol. The first-order chi connectivity index (χ1) is 11.3. The van der Waals surface area contributed by atoms with Crippen molar-refractivity contribution in [2.75, 3.05) is 0 Å². The molecule has 1 atom stereocenters. The molecule has 0 saturated carbocycles. The Labute approximate surface area is 135 Å². The maximum atomic E-state index is 12.9. The van der Waals surface area contributed by atoms with E-state index in [1.54, 1.807) is 6.20 Å². The number of nitrogens with one attached hydrogen (secondary N) is 3. The van der Waals surface area contributed by atoms with Crippen LogP contribution in [0, 0.1) is 0 Å². The van der Waals surface area contributed by atoms with Gasteiger partial charge in [-0.25, -0.2) is 4.79 Å². The second-order valence-corrected chi connectivity index (χ2v) is 5.81. The first-order valence-electron chi connectivity index (χ1n) is 7.48. The van der Waals surface area contributed by atoms with Crippen LogP contribution in [0.1, 0.15) is 28.9 Å². The van der Waals surface area contributed by atoms with Gasteiger partial charge in [0.15, 0.2) is 5.69 Å². The minimum atomic E-state index is -4.55. The summed E-state index contributed by atoms with van der Waals surface area (Å²) in [6.07, 6.45) is 0.619. The van der Waals surface area contributed by atoms with E-state index in [1.165, 1.54) is 13.2 Å². The van der Waals surface area contributed by atoms with Crippen LogP contribution in [-0.2, 0) is 32.6 Å². The van der Waals surface area contributed by atoms with Crippen molar-refractivity contribution in [3.8, 4) is 0 Å². The zero-order chi connectivity index (χ0) is 17.3. The quantitative estimate of drug-likeness (QED) is 0.790. The molecule has 2 aromatic heterocycles. The summed E-state index contributed by atoms with van der Waals surface area (Å²) in [6.45, 7) is -0.238. The zero-order valence-corrected chi connectivity index (χ0v) is 12.9. The molecule has 1 aliphatic rings. The standard InChI is InChI=1S/C14H17F3N6O/c1-23-7-9(12(22-23)14(15,16)17)5-18-13(24)20-10-2-3-11-8(4-10)6-19-21-11/h6-7,10H,2-5H2,1H3,(H,19,21)(H2,18,20,24)/t10-/m0/s1. The Hall–Kier alpha value is -2.52. The van der Waals surface area contributed by atoms with Gasteiger partial charge in [-0.15, -0.1) is 0 Å². The van der Waals surface area contributed by atoms with E-state index in [4.69, 9.17) is 0 Å². The Morgan fingerprint density at radius 3 is 3.04 bits per heavy atom. The highest BCUT2D eigenvalue weighted by molar-refractivity contribution is 5.74. The lowest BCUT2D eigenvalue weighted by molar-refractivity contribution is -0.142. The number of halogens is 3. The summed E-state index contributed by atoms with van der Waals surface area (Å²) < 4.78 is 39.7. The Bertz CT molecular complexity index is 735. The van der Waals surface area contributed by atoms with Gasteiger partial charge in [-0.05, 0) is 24.8 Å². The number of hydrogen-bond acceptors (Lipinski definition) is 3. The first-order valence-corrected chi connectivity index (χ1v) is 7.48. The van der Waals surface area contributed by atoms with Crippen LogP contribution >= 0.6 is 0 Å². The van der Waals surface area contributed by atoms with Crippen molar-refractivity contribution in [2.45, 2.75) is 38.0 Å². The third-order valence-corrected chi connectivity index (χ3v) is 3.96. The molecule has 0 fully saturated rings. The molecule has 2 amide bonds. The number of H-pyrrole nitrogens is 1. The van der Waals surface area contributed by atoms with Gasteiger partial charge in [0.25, 0.3) is 0 Å². The Kier molecular flexibility index (Phi) is 4.20. The van der Waals surface area contributed by atoms with Crippen LogP contribution in [0.5, 0.6) is 0 Å². The number of carbonyl (C=O) groups excluding carboxylic acids is 1. The third kappa shape index (κ3) is 3.52. The normalized spacial score (nSPS) is 17.4. The maximum Gasteiger partial charge on any atom is 0.435 e. The fourth-order valence-electron chi connectivity index (χ4n) is 2.86. The minimum absolute atomic E-state index is 0.0638. The third-order valence-electron chi connectivity index (χ3n) is 3.96. The van der Waals surface area contributed by atoms with Gasteiger partial charge >= 0.3 is 12.2 Å². The molecule has 24 heavy (non-hydrogen) atoms. The molecule has 7 nitrogen and oxygen atoms in total. The van der Waals surface area contributed by atoms with E-state index in [0.29, 0.717) is 6.42 Å². The highest BCUT2D eigenvalue weighted by atomic mass is 19.4. The van der Waals surface area contributed by atoms with Crippen LogP contribution in [0.4, 0.5) is 18.0 Å². The number of aryl methyl sites for hydroxylation is 2. The average molecular weight is 342 g/mol. The molecule has 1 aliphatic carbocycles. The van der Waals surface area contributed by atoms with Crippen LogP contribution in [0.2, 0.25) is 0 Å². The Balaban J connectivity index is 1.55. The van der Waals surface area contributed by atoms with E-state index in [9.17, 15) is 18.0 Å². The predicted molar refractivity (Wildman–Crippen MR) is 78.0 cm³/mol. The summed E-state index contributed by atoms with van der Waals surface area (Å²) in [5, 5.41) is 15.5. The van der Waals surface area contributed by atoms with E-state index in [2.05, 4.69) is 25.9 Å². The molecule has 3 N–H and O–H groups in total. The van der Waals surface area contributed by atoms with E-state index in [0.717, 1.165) is 28.8 Å². The predicted octanol–water partition coefficient (Wildman–Crippen LogP) is 1.52. The van der Waals surface area contributed by atoms with Crippen LogP contribution in [0.25, 0.3) is 0 Å². The number of aromatic amines is 1. The molecule has 0 unspecified atom stereocenters. The maximum absolute atomic E-state index is 12.9. The summed E-state index contributed by atoms with van der Waals surface area (Å²) >= 11 is 0. The molecule has 0 aliphatic heterocycles. The number of nitrogens with zero attached hydrogens (tertiary/aromatic N) is 3. The van der Waals surface area contributed by atoms with Crippen molar-refractivity contribution in [3.05, 3.63) is 34.9 Å². The lowest BCUT2D eigenvalue weighted by Crippen LogP contribution is -2.44. The molecule has 0 bridgehead atoms. The summed E-state index contributed by atoms with van der Waals surface area (Å²) in [4.78, 5) is 11.9. The molecule has 10 heteroatoms. The summed E-state index contributed by atoms with van der Waals surface area (Å²) in [5.74, 6) is 0. The van der Waals surface area contributed by atoms with Crippen LogP contribution in [-0.4, -0.2) is 32.1 Å². The number of amides is 2. The smallest absolute Gasteiger partial charge is 0.335 e. The summed E-state index contributed by atoms with van der Waals surface area (Å²) in [6, 6.07) is -0.560. The molecule has 130 valence electrons. The van der Waals surface area contributed by atoms with E-state index in [-0.39, 0.29) is 18.2 Å². The van der Waals surface area contributed by atoms with E-state index in [1.807, 2.05) is 0 Å². The summed E-state index contributed by atoms with van der Waals surface area (Å²) in [5.41, 5.74) is 1.07. The van der Waals surface area contributed by atoms with Crippen molar-refractivity contribution >= 4 is 6.03 Å². The van der Waals surface area contributed by atoms with Crippen molar-refractivity contribution in [1.82, 2.24) is 30.6 Å². The molecule has 2 aromatic rings. The first kappa shape index (κ1) is 16.3. The van der Waals surface area contributed by atoms with Crippen molar-refractivity contribution < 1.29 is 18.0 Å². The lowest BCUT2D eigenvalue weighted by Gasteiger charge is -2.23. The minimum Gasteiger partial charge on any atom is -0.335 e. The number of fused-ring (bicyclic) bond motifs is 1. The highest BCUT2D eigenvalue weighted by Crippen LogP contribution is 2.30. The van der Waals surface area contributed by atoms with Gasteiger partial charge in [-0.2, -0.15) is 23.4 Å². The number of carbonyl (C=O) groups is 1. The van der Waals surface area contributed by atoms with Gasteiger partial charge in [-0.3, -0.25) is 9.78 Å². The van der Waals surface area contributed by atoms with Crippen LogP contribution in [0.3, 0.4) is 0 Å². The number of aromatic nitrogens is 4. The Morgan fingerprint density at radius 2 is 2.29 bits per heavy atom. The highest BCUT2D eigenvalue weighted by Gasteiger charge is 2.36. The van der Waals surface area contributed by atoms with Gasteiger partial charge in [0, 0.05) is 37.1 Å². The lowest BCUT2D eigenvalue weighted by atomic mass is 9.94.